The number of pyridine rings is 3. The summed E-state index contributed by atoms with van der Waals surface area (Å²) >= 11 is 0. The molecule has 7 N–H and O–H groups in total. The lowest BCUT2D eigenvalue weighted by molar-refractivity contribution is -0.123. The largest absolute Gasteiger partial charge is 0.405 e. The number of aromatic amines is 1. The molecule has 99 heavy (non-hydrogen) atoms. The topological polar surface area (TPSA) is 278 Å². The number of urea groups is 2. The molecule has 0 bridgehead atoms. The predicted molar refractivity (Wildman–Crippen MR) is 370 cm³/mol. The number of anilines is 3. The third kappa shape index (κ3) is 17.2. The molecule has 4 amide bonds. The molecule has 33 heteroatoms. The molecule has 532 valence electrons. The standard InChI is InChI=1S/C24H25F3N6O3S.C21H23N5O2S.C18H21F3N6O.C2H7N.CH4O.H2/c1-4-16-13-32(23(34)30-15-24(25,26)27)14-20(16)31(3)21-18-10-11-33(22(18)29-12-19(21)28-2)37(35,36)17-8-6-5-7-9-17;1-4-15-12-23-14-19(15)25(3)20-17-10-11-26(21(17)24-13-18(20)22-2)29(27,28)16-8-6-5-7-9-16;1-4-11-8-27(17(28)25-10-18(19,20)21)9-14(11)26(3)15-12-5-6-23-16(12)24-7-13(15)22-2;1-2-3;1-2;/h5-12,16,20H,4,13-15H2,1,3H3,(H,30,34);5-11,13,15,19,23H,4,12,14H2,1,3H3;5-7,11,14H,4,8-10H2,1,3H3,(H,23,24)(H,25,28);2-3H2,1H3;2H,1H3;1H/t16-,20?;15-,19?;11-,14?;;;/m111.../s1. The van der Waals surface area contributed by atoms with Crippen molar-refractivity contribution < 1.29 is 59.3 Å². The second-order valence-corrected chi connectivity index (χ2v) is 27.0. The van der Waals surface area contributed by atoms with E-state index < -0.39 is 57.6 Å². The number of carbonyl (C=O) groups excluding carboxylic acids is 2. The number of hydrogen-bond donors (Lipinski definition) is 6. The fraction of sp³-hybridized carbons (Fsp3) is 0.424. The summed E-state index contributed by atoms with van der Waals surface area (Å²) in [6.07, 6.45) is 2.40. The number of aliphatic hydroxyl groups is 1. The number of carbonyl (C=O) groups is 2. The highest BCUT2D eigenvalue weighted by atomic mass is 32.2. The van der Waals surface area contributed by atoms with Gasteiger partial charge >= 0.3 is 24.4 Å². The van der Waals surface area contributed by atoms with Crippen LogP contribution in [0.3, 0.4) is 0 Å². The van der Waals surface area contributed by atoms with E-state index in [2.05, 4.69) is 51.6 Å². The van der Waals surface area contributed by atoms with Gasteiger partial charge in [-0.3, -0.25) is 4.98 Å². The predicted octanol–water partition coefficient (Wildman–Crippen LogP) is 10.9. The highest BCUT2D eigenvalue weighted by Gasteiger charge is 2.41. The molecule has 8 aromatic rings. The lowest BCUT2D eigenvalue weighted by atomic mass is 9.99. The molecular formula is C66H82F6N18O7S2. The molecule has 3 fully saturated rings. The fourth-order valence-corrected chi connectivity index (χ4v) is 15.2. The minimum atomic E-state index is -4.52. The zero-order valence-electron chi connectivity index (χ0n) is 55.8. The number of rotatable bonds is 15. The maximum atomic E-state index is 13.3. The number of halogens is 6. The Hall–Kier alpha value is -9.72. The molecule has 0 aliphatic carbocycles. The number of likely N-dealkylation sites (N-methyl/N-ethyl adjacent to an activating group) is 3. The number of amides is 4. The van der Waals surface area contributed by atoms with Gasteiger partial charge in [0, 0.05) is 140 Å². The van der Waals surface area contributed by atoms with Crippen LogP contribution in [0.2, 0.25) is 0 Å². The van der Waals surface area contributed by atoms with Gasteiger partial charge in [-0.25, -0.2) is 58.9 Å². The van der Waals surface area contributed by atoms with Crippen LogP contribution < -0.4 is 36.4 Å². The van der Waals surface area contributed by atoms with E-state index in [9.17, 15) is 52.8 Å². The Bertz CT molecular complexity index is 4450. The summed E-state index contributed by atoms with van der Waals surface area (Å²) in [4.78, 5) is 60.2. The van der Waals surface area contributed by atoms with E-state index in [-0.39, 0.29) is 72.1 Å². The van der Waals surface area contributed by atoms with Gasteiger partial charge in [0.1, 0.15) is 18.7 Å². The summed E-state index contributed by atoms with van der Waals surface area (Å²) < 4.78 is 130. The van der Waals surface area contributed by atoms with Crippen LogP contribution in [0.1, 0.15) is 48.4 Å². The van der Waals surface area contributed by atoms with Crippen LogP contribution in [0.5, 0.6) is 0 Å². The van der Waals surface area contributed by atoms with Gasteiger partial charge in [-0.1, -0.05) is 70.5 Å². The fourth-order valence-electron chi connectivity index (χ4n) is 12.6. The number of hydrogen-bond acceptors (Lipinski definition) is 15. The summed E-state index contributed by atoms with van der Waals surface area (Å²) in [6.45, 7) is 31.5. The molecule has 6 atom stereocenters. The van der Waals surface area contributed by atoms with Gasteiger partial charge in [0.2, 0.25) is 17.1 Å². The number of benzene rings is 2. The van der Waals surface area contributed by atoms with Crippen molar-refractivity contribution in [3.63, 3.8) is 0 Å². The van der Waals surface area contributed by atoms with Crippen LogP contribution in [0.4, 0.5) is 70.1 Å². The first kappa shape index (κ1) is 76.6. The maximum absolute atomic E-state index is 13.3. The van der Waals surface area contributed by atoms with Crippen molar-refractivity contribution in [2.75, 3.05) is 102 Å². The van der Waals surface area contributed by atoms with Gasteiger partial charge in [-0.15, -0.1) is 0 Å². The molecule has 3 unspecified atom stereocenters. The van der Waals surface area contributed by atoms with Crippen molar-refractivity contribution in [2.24, 2.45) is 23.5 Å². The number of nitrogens with zero attached hydrogens (tertiary/aromatic N) is 13. The van der Waals surface area contributed by atoms with E-state index in [0.29, 0.717) is 63.7 Å². The first-order chi connectivity index (χ1) is 47.1. The van der Waals surface area contributed by atoms with Gasteiger partial charge in [0.15, 0.2) is 11.3 Å². The zero-order valence-corrected chi connectivity index (χ0v) is 57.4. The van der Waals surface area contributed by atoms with Crippen LogP contribution in [0, 0.1) is 37.5 Å². The van der Waals surface area contributed by atoms with Crippen molar-refractivity contribution in [2.45, 2.75) is 87.2 Å². The van der Waals surface area contributed by atoms with Crippen molar-refractivity contribution in [1.82, 2.24) is 53.6 Å². The second kappa shape index (κ2) is 33.2. The molecule has 0 radical (unpaired) electrons. The Kier molecular flexibility index (Phi) is 25.7. The van der Waals surface area contributed by atoms with Gasteiger partial charge in [-0.05, 0) is 79.6 Å². The number of aromatic nitrogens is 6. The molecule has 0 spiro atoms. The number of fused-ring (bicyclic) bond motifs is 3. The number of nitrogens with one attached hydrogen (secondary N) is 4. The van der Waals surface area contributed by atoms with Crippen LogP contribution in [-0.2, 0) is 20.0 Å². The highest BCUT2D eigenvalue weighted by molar-refractivity contribution is 7.90. The first-order valence-corrected chi connectivity index (χ1v) is 34.4. The highest BCUT2D eigenvalue weighted by Crippen LogP contribution is 2.43. The molecule has 6 aromatic heterocycles. The van der Waals surface area contributed by atoms with Gasteiger partial charge in [0.25, 0.3) is 20.0 Å². The summed E-state index contributed by atoms with van der Waals surface area (Å²) in [5.41, 5.74) is 8.89. The summed E-state index contributed by atoms with van der Waals surface area (Å²) in [6, 6.07) is 19.6. The van der Waals surface area contributed by atoms with E-state index in [1.165, 1.54) is 56.9 Å². The van der Waals surface area contributed by atoms with Crippen LogP contribution in [0.15, 0.2) is 126 Å². The number of alkyl halides is 6. The molecule has 11 rings (SSSR count). The lowest BCUT2D eigenvalue weighted by Gasteiger charge is -2.31. The minimum Gasteiger partial charge on any atom is -0.400 e. The third-order valence-electron chi connectivity index (χ3n) is 17.5. The Morgan fingerprint density at radius 2 is 0.960 bits per heavy atom. The van der Waals surface area contributed by atoms with Crippen molar-refractivity contribution in [1.29, 1.82) is 0 Å². The van der Waals surface area contributed by atoms with E-state index in [1.54, 1.807) is 73.9 Å². The average Bonchev–Trinajstić information content (AvgIpc) is 1.56. The molecule has 3 aliphatic heterocycles. The quantitative estimate of drug-likeness (QED) is 0.0411. The number of aliphatic hydroxyl groups excluding tert-OH is 1. The van der Waals surface area contributed by atoms with E-state index >= 15 is 0 Å². The number of nitrogens with two attached hydrogens (primary N) is 1. The smallest absolute Gasteiger partial charge is 0.400 e. The molecule has 0 saturated carbocycles. The zero-order chi connectivity index (χ0) is 72.7. The van der Waals surface area contributed by atoms with Crippen LogP contribution in [0.25, 0.3) is 47.6 Å². The summed E-state index contributed by atoms with van der Waals surface area (Å²) in [7, 11) is -1.16. The second-order valence-electron chi connectivity index (χ2n) is 23.3. The summed E-state index contributed by atoms with van der Waals surface area (Å²) in [5.74, 6) is 0.456. The van der Waals surface area contributed by atoms with Gasteiger partial charge < -0.3 is 56.3 Å². The molecule has 3 aliphatic rings. The number of H-pyrrole nitrogens is 1. The van der Waals surface area contributed by atoms with Gasteiger partial charge in [-0.2, -0.15) is 26.3 Å². The Morgan fingerprint density at radius 1 is 0.586 bits per heavy atom. The monoisotopic (exact) mass is 1420 g/mol. The first-order valence-electron chi connectivity index (χ1n) is 31.6. The number of likely N-dealkylation sites (tertiary alicyclic amines) is 2. The van der Waals surface area contributed by atoms with E-state index in [4.69, 9.17) is 30.6 Å². The third-order valence-corrected chi connectivity index (χ3v) is 20.8. The average molecular weight is 1420 g/mol. The van der Waals surface area contributed by atoms with E-state index in [1.807, 2.05) is 61.4 Å². The maximum Gasteiger partial charge on any atom is 0.405 e. The molecule has 3 saturated heterocycles. The van der Waals surface area contributed by atoms with Crippen molar-refractivity contribution in [3.8, 4) is 0 Å². The van der Waals surface area contributed by atoms with Crippen molar-refractivity contribution >= 4 is 99.3 Å². The normalized spacial score (nSPS) is 18.2. The van der Waals surface area contributed by atoms with E-state index in [0.717, 1.165) is 54.6 Å². The molecule has 9 heterocycles. The summed E-state index contributed by atoms with van der Waals surface area (Å²) in [5, 5.41) is 16.2. The molecular weight excluding hydrogens is 1330 g/mol. The van der Waals surface area contributed by atoms with Crippen LogP contribution >= 0.6 is 0 Å². The Morgan fingerprint density at radius 3 is 1.33 bits per heavy atom. The Balaban J connectivity index is 0.000000230. The van der Waals surface area contributed by atoms with Crippen LogP contribution in [-0.4, -0.2) is 189 Å². The SMILES string of the molecule is CCN.CO.[C-]#[N+]c1cnc2[nH]ccc2c1N(C)C1CN(C(=O)NCC(F)(F)F)C[C@H]1CC.[C-]#[N+]c1cnc2c(ccn2S(=O)(=O)c2ccccc2)c1N(C)C1CN(C(=O)NCC(F)(F)F)C[C@H]1CC.[C-]#[N+]c1cnc2c(ccn2S(=O)(=O)c2ccccc2)c1N(C)C1CNC[C@H]1CC.[HH]. The molecule has 25 nitrogen and oxygen atoms in total. The molecule has 2 aromatic carbocycles. The minimum absolute atomic E-state index is 0. The Labute approximate surface area is 572 Å². The van der Waals surface area contributed by atoms with Crippen molar-refractivity contribution in [3.05, 3.63) is 150 Å². The lowest BCUT2D eigenvalue weighted by Crippen LogP contribution is -2.44. The van der Waals surface area contributed by atoms with Gasteiger partial charge in [0.05, 0.1) is 46.6 Å².